The summed E-state index contributed by atoms with van der Waals surface area (Å²) in [6.45, 7) is -0.00144. The number of hydrogen-bond acceptors (Lipinski definition) is 4. The van der Waals surface area contributed by atoms with Gasteiger partial charge in [-0.2, -0.15) is 0 Å². The summed E-state index contributed by atoms with van der Waals surface area (Å²) in [5.74, 6) is -1.32. The molecule has 96 valence electrons. The minimum atomic E-state index is -1.07. The summed E-state index contributed by atoms with van der Waals surface area (Å²) >= 11 is 0. The number of ether oxygens (including phenoxy) is 2. The lowest BCUT2D eigenvalue weighted by atomic mass is 9.88. The Morgan fingerprint density at radius 1 is 1.53 bits per heavy atom. The van der Waals surface area contributed by atoms with Gasteiger partial charge in [0.1, 0.15) is 0 Å². The van der Waals surface area contributed by atoms with Crippen molar-refractivity contribution in [2.75, 3.05) is 13.7 Å². The fourth-order valence-corrected chi connectivity index (χ4v) is 2.51. The van der Waals surface area contributed by atoms with Crippen molar-refractivity contribution < 1.29 is 24.2 Å². The summed E-state index contributed by atoms with van der Waals surface area (Å²) in [5.41, 5.74) is 0. The molecule has 0 spiro atoms. The Morgan fingerprint density at radius 3 is 2.76 bits per heavy atom. The van der Waals surface area contributed by atoms with Gasteiger partial charge in [-0.15, -0.1) is 0 Å². The summed E-state index contributed by atoms with van der Waals surface area (Å²) in [4.78, 5) is 22.5. The fraction of sp³-hybridized carbons (Fsp3) is 0.818. The first-order chi connectivity index (χ1) is 8.11. The molecular formula is C11H17NO5. The van der Waals surface area contributed by atoms with E-state index in [2.05, 4.69) is 5.32 Å². The molecule has 0 aromatic heterocycles. The molecule has 0 aliphatic carbocycles. The number of aliphatic carboxylic acids is 1. The van der Waals surface area contributed by atoms with Crippen LogP contribution in [0.5, 0.6) is 0 Å². The summed E-state index contributed by atoms with van der Waals surface area (Å²) in [6.07, 6.45) is 1.96. The fourth-order valence-electron chi connectivity index (χ4n) is 2.51. The molecular weight excluding hydrogens is 226 g/mol. The topological polar surface area (TPSA) is 84.9 Å². The number of rotatable bonds is 5. The number of carbonyl (C=O) groups is 2. The number of fused-ring (bicyclic) bond motifs is 2. The highest BCUT2D eigenvalue weighted by molar-refractivity contribution is 5.81. The predicted octanol–water partition coefficient (Wildman–Crippen LogP) is -0.230. The molecule has 2 aliphatic heterocycles. The maximum atomic E-state index is 11.8. The summed E-state index contributed by atoms with van der Waals surface area (Å²) in [6, 6.07) is 0. The number of carbonyl (C=O) groups excluding carboxylic acids is 1. The van der Waals surface area contributed by atoms with E-state index in [1.54, 1.807) is 0 Å². The second kappa shape index (κ2) is 5.01. The lowest BCUT2D eigenvalue weighted by Crippen LogP contribution is -2.42. The van der Waals surface area contributed by atoms with E-state index in [4.69, 9.17) is 14.6 Å². The minimum absolute atomic E-state index is 0.00144. The molecule has 4 unspecified atom stereocenters. The van der Waals surface area contributed by atoms with Crippen molar-refractivity contribution >= 4 is 11.9 Å². The van der Waals surface area contributed by atoms with Crippen LogP contribution in [0.25, 0.3) is 0 Å². The quantitative estimate of drug-likeness (QED) is 0.696. The molecule has 0 radical (unpaired) electrons. The van der Waals surface area contributed by atoms with Crippen LogP contribution >= 0.6 is 0 Å². The SMILES string of the molecule is COC(CNC(=O)C1CC2CCC1O2)C(=O)O. The molecule has 2 fully saturated rings. The van der Waals surface area contributed by atoms with E-state index in [9.17, 15) is 9.59 Å². The van der Waals surface area contributed by atoms with Gasteiger partial charge in [0, 0.05) is 7.11 Å². The van der Waals surface area contributed by atoms with E-state index in [1.165, 1.54) is 7.11 Å². The van der Waals surface area contributed by atoms with Gasteiger partial charge in [0.25, 0.3) is 0 Å². The summed E-state index contributed by atoms with van der Waals surface area (Å²) < 4.78 is 10.3. The second-order valence-electron chi connectivity index (χ2n) is 4.52. The highest BCUT2D eigenvalue weighted by atomic mass is 16.5. The van der Waals surface area contributed by atoms with Crippen molar-refractivity contribution in [1.82, 2.24) is 5.32 Å². The van der Waals surface area contributed by atoms with E-state index in [1.807, 2.05) is 0 Å². The summed E-state index contributed by atoms with van der Waals surface area (Å²) in [7, 11) is 1.31. The standard InChI is InChI=1S/C11H17NO5/c1-16-9(11(14)15)5-12-10(13)7-4-6-2-3-8(7)17-6/h6-9H,2-5H2,1H3,(H,12,13)(H,14,15). The third-order valence-electron chi connectivity index (χ3n) is 3.46. The third kappa shape index (κ3) is 2.58. The Hall–Kier alpha value is -1.14. The normalized spacial score (nSPS) is 32.4. The van der Waals surface area contributed by atoms with Crippen LogP contribution in [-0.4, -0.2) is 48.9 Å². The van der Waals surface area contributed by atoms with Crippen molar-refractivity contribution in [3.05, 3.63) is 0 Å². The molecule has 17 heavy (non-hydrogen) atoms. The molecule has 2 aliphatic rings. The van der Waals surface area contributed by atoms with Crippen LogP contribution in [0.15, 0.2) is 0 Å². The van der Waals surface area contributed by atoms with Gasteiger partial charge in [-0.3, -0.25) is 4.79 Å². The molecule has 2 saturated heterocycles. The molecule has 0 aromatic rings. The average molecular weight is 243 g/mol. The number of amides is 1. The van der Waals surface area contributed by atoms with Crippen molar-refractivity contribution in [3.63, 3.8) is 0 Å². The van der Waals surface area contributed by atoms with Crippen molar-refractivity contribution in [3.8, 4) is 0 Å². The predicted molar refractivity (Wildman–Crippen MR) is 57.4 cm³/mol. The zero-order valence-corrected chi connectivity index (χ0v) is 9.72. The van der Waals surface area contributed by atoms with Crippen LogP contribution in [0.3, 0.4) is 0 Å². The second-order valence-corrected chi connectivity index (χ2v) is 4.52. The van der Waals surface area contributed by atoms with Crippen molar-refractivity contribution in [2.45, 2.75) is 37.6 Å². The Kier molecular flexibility index (Phi) is 3.63. The molecule has 0 aromatic carbocycles. The van der Waals surface area contributed by atoms with Gasteiger partial charge in [0.15, 0.2) is 6.10 Å². The average Bonchev–Trinajstić information content (AvgIpc) is 2.90. The lowest BCUT2D eigenvalue weighted by Gasteiger charge is -2.19. The van der Waals surface area contributed by atoms with E-state index in [0.717, 1.165) is 19.3 Å². The largest absolute Gasteiger partial charge is 0.479 e. The van der Waals surface area contributed by atoms with E-state index < -0.39 is 12.1 Å². The first kappa shape index (κ1) is 12.3. The van der Waals surface area contributed by atoms with Crippen molar-refractivity contribution in [1.29, 1.82) is 0 Å². The van der Waals surface area contributed by atoms with E-state index >= 15 is 0 Å². The highest BCUT2D eigenvalue weighted by Crippen LogP contribution is 2.38. The van der Waals surface area contributed by atoms with Crippen LogP contribution in [0.2, 0.25) is 0 Å². The van der Waals surface area contributed by atoms with Crippen LogP contribution in [-0.2, 0) is 19.1 Å². The van der Waals surface area contributed by atoms with Gasteiger partial charge < -0.3 is 19.9 Å². The van der Waals surface area contributed by atoms with Crippen LogP contribution in [0.1, 0.15) is 19.3 Å². The number of hydrogen-bond donors (Lipinski definition) is 2. The van der Waals surface area contributed by atoms with Gasteiger partial charge >= 0.3 is 5.97 Å². The molecule has 4 atom stereocenters. The maximum Gasteiger partial charge on any atom is 0.334 e. The van der Waals surface area contributed by atoms with Gasteiger partial charge in [-0.25, -0.2) is 4.79 Å². The number of methoxy groups -OCH3 is 1. The van der Waals surface area contributed by atoms with Gasteiger partial charge in [-0.1, -0.05) is 0 Å². The number of nitrogens with one attached hydrogen (secondary N) is 1. The van der Waals surface area contributed by atoms with Gasteiger partial charge in [0.05, 0.1) is 24.7 Å². The Labute approximate surface area is 99.3 Å². The number of carboxylic acid groups (broad SMARTS) is 1. The van der Waals surface area contributed by atoms with Crippen LogP contribution in [0, 0.1) is 5.92 Å². The lowest BCUT2D eigenvalue weighted by molar-refractivity contribution is -0.148. The van der Waals surface area contributed by atoms with E-state index in [0.29, 0.717) is 0 Å². The first-order valence-corrected chi connectivity index (χ1v) is 5.80. The Bertz CT molecular complexity index is 319. The van der Waals surface area contributed by atoms with Crippen molar-refractivity contribution in [2.24, 2.45) is 5.92 Å². The molecule has 1 amide bonds. The number of carboxylic acids is 1. The smallest absolute Gasteiger partial charge is 0.334 e. The summed E-state index contributed by atoms with van der Waals surface area (Å²) in [5, 5.41) is 11.4. The van der Waals surface area contributed by atoms with Crippen LogP contribution in [0.4, 0.5) is 0 Å². The molecule has 0 saturated carbocycles. The molecule has 2 rings (SSSR count). The molecule has 6 heteroatoms. The van der Waals surface area contributed by atoms with Crippen LogP contribution < -0.4 is 5.32 Å². The minimum Gasteiger partial charge on any atom is -0.479 e. The molecule has 2 N–H and O–H groups in total. The van der Waals surface area contributed by atoms with E-state index in [-0.39, 0.29) is 30.6 Å². The Balaban J connectivity index is 1.79. The van der Waals surface area contributed by atoms with Gasteiger partial charge in [0.2, 0.25) is 5.91 Å². The van der Waals surface area contributed by atoms with Gasteiger partial charge in [-0.05, 0) is 19.3 Å². The molecule has 6 nitrogen and oxygen atoms in total. The highest BCUT2D eigenvalue weighted by Gasteiger charge is 2.44. The molecule has 2 bridgehead atoms. The first-order valence-electron chi connectivity index (χ1n) is 5.80. The maximum absolute atomic E-state index is 11.8. The zero-order valence-electron chi connectivity index (χ0n) is 9.72. The zero-order chi connectivity index (χ0) is 12.4. The third-order valence-corrected chi connectivity index (χ3v) is 3.46. The molecule has 2 heterocycles. The monoisotopic (exact) mass is 243 g/mol. The Morgan fingerprint density at radius 2 is 2.29 bits per heavy atom.